The molecule has 1 aromatic carbocycles. The standard InChI is InChI=1S/C18H20N2O3/c1-11-6-12(2)16-13(7-11)8-14-9-20(10-15-4-3-5-22-15)18(21)23-17(14)19-16/h6-8,15H,3-5,9-10H2,1-2H3/t15-/m0/s1. The fourth-order valence-corrected chi connectivity index (χ4v) is 3.47. The Balaban J connectivity index is 1.67. The number of aromatic nitrogens is 1. The molecule has 0 saturated carbocycles. The van der Waals surface area contributed by atoms with E-state index in [1.807, 2.05) is 6.92 Å². The maximum atomic E-state index is 12.2. The lowest BCUT2D eigenvalue weighted by atomic mass is 10.0. The Morgan fingerprint density at radius 3 is 2.96 bits per heavy atom. The highest BCUT2D eigenvalue weighted by atomic mass is 16.6. The van der Waals surface area contributed by atoms with E-state index < -0.39 is 0 Å². The van der Waals surface area contributed by atoms with Gasteiger partial charge in [-0.05, 0) is 44.4 Å². The van der Waals surface area contributed by atoms with Gasteiger partial charge in [-0.1, -0.05) is 11.6 Å². The zero-order valence-electron chi connectivity index (χ0n) is 13.5. The molecule has 0 radical (unpaired) electrons. The first-order chi connectivity index (χ1) is 11.1. The molecule has 2 aliphatic heterocycles. The molecule has 3 heterocycles. The number of fused-ring (bicyclic) bond motifs is 2. The van der Waals surface area contributed by atoms with E-state index in [1.165, 1.54) is 5.56 Å². The molecule has 1 aromatic heterocycles. The first kappa shape index (κ1) is 14.5. The second-order valence-electron chi connectivity index (χ2n) is 6.49. The van der Waals surface area contributed by atoms with Gasteiger partial charge in [0.1, 0.15) is 0 Å². The second-order valence-corrected chi connectivity index (χ2v) is 6.49. The summed E-state index contributed by atoms with van der Waals surface area (Å²) in [5.41, 5.74) is 4.16. The number of carbonyl (C=O) groups excluding carboxylic acids is 1. The van der Waals surface area contributed by atoms with Crippen LogP contribution in [-0.4, -0.2) is 35.2 Å². The monoisotopic (exact) mass is 312 g/mol. The minimum absolute atomic E-state index is 0.127. The highest BCUT2D eigenvalue weighted by molar-refractivity contribution is 5.85. The largest absolute Gasteiger partial charge is 0.416 e. The molecule has 2 aromatic rings. The Bertz CT molecular complexity index is 781. The zero-order chi connectivity index (χ0) is 16.0. The van der Waals surface area contributed by atoms with E-state index >= 15 is 0 Å². The average Bonchev–Trinajstić information content (AvgIpc) is 3.00. The van der Waals surface area contributed by atoms with Crippen LogP contribution in [0.25, 0.3) is 10.9 Å². The normalized spacial score (nSPS) is 20.7. The number of benzene rings is 1. The smallest absolute Gasteiger partial charge is 0.391 e. The summed E-state index contributed by atoms with van der Waals surface area (Å²) in [6.45, 7) is 6.01. The van der Waals surface area contributed by atoms with Crippen LogP contribution in [0.4, 0.5) is 4.79 Å². The quantitative estimate of drug-likeness (QED) is 0.853. The summed E-state index contributed by atoms with van der Waals surface area (Å²) in [5.74, 6) is 0.443. The van der Waals surface area contributed by atoms with Gasteiger partial charge in [-0.25, -0.2) is 9.78 Å². The van der Waals surface area contributed by atoms with Crippen molar-refractivity contribution in [3.05, 3.63) is 34.9 Å². The second kappa shape index (κ2) is 5.49. The topological polar surface area (TPSA) is 51.7 Å². The van der Waals surface area contributed by atoms with Gasteiger partial charge in [0.2, 0.25) is 5.88 Å². The van der Waals surface area contributed by atoms with E-state index in [1.54, 1.807) is 4.90 Å². The van der Waals surface area contributed by atoms with Crippen LogP contribution in [0.15, 0.2) is 18.2 Å². The van der Waals surface area contributed by atoms with Crippen molar-refractivity contribution < 1.29 is 14.3 Å². The van der Waals surface area contributed by atoms with Gasteiger partial charge in [0, 0.05) is 17.6 Å². The van der Waals surface area contributed by atoms with Crippen molar-refractivity contribution in [2.45, 2.75) is 39.3 Å². The molecule has 120 valence electrons. The van der Waals surface area contributed by atoms with Gasteiger partial charge in [0.05, 0.1) is 24.7 Å². The number of hydrogen-bond donors (Lipinski definition) is 0. The molecule has 1 atom stereocenters. The van der Waals surface area contributed by atoms with Crippen LogP contribution < -0.4 is 4.74 Å². The first-order valence-electron chi connectivity index (χ1n) is 8.09. The molecule has 23 heavy (non-hydrogen) atoms. The van der Waals surface area contributed by atoms with Crippen LogP contribution in [0.1, 0.15) is 29.5 Å². The molecule has 0 unspecified atom stereocenters. The number of carbonyl (C=O) groups is 1. The van der Waals surface area contributed by atoms with E-state index in [2.05, 4.69) is 30.1 Å². The van der Waals surface area contributed by atoms with Crippen LogP contribution in [0, 0.1) is 13.8 Å². The number of rotatable bonds is 2. The summed E-state index contributed by atoms with van der Waals surface area (Å²) in [6, 6.07) is 6.30. The molecule has 5 heteroatoms. The van der Waals surface area contributed by atoms with Crippen LogP contribution >= 0.6 is 0 Å². The maximum Gasteiger partial charge on any atom is 0.416 e. The van der Waals surface area contributed by atoms with Gasteiger partial charge < -0.3 is 14.4 Å². The molecule has 1 saturated heterocycles. The van der Waals surface area contributed by atoms with Crippen molar-refractivity contribution in [2.75, 3.05) is 13.2 Å². The van der Waals surface area contributed by atoms with Crippen molar-refractivity contribution in [1.82, 2.24) is 9.88 Å². The van der Waals surface area contributed by atoms with Crippen LogP contribution in [-0.2, 0) is 11.3 Å². The van der Waals surface area contributed by atoms with Gasteiger partial charge in [-0.3, -0.25) is 0 Å². The molecule has 1 amide bonds. The SMILES string of the molecule is Cc1cc(C)c2nc3c(cc2c1)CN(C[C@@H]1CCCO1)C(=O)O3. The number of ether oxygens (including phenoxy) is 2. The predicted octanol–water partition coefficient (Wildman–Crippen LogP) is 3.35. The van der Waals surface area contributed by atoms with E-state index in [9.17, 15) is 4.79 Å². The summed E-state index contributed by atoms with van der Waals surface area (Å²) in [7, 11) is 0. The predicted molar refractivity (Wildman–Crippen MR) is 86.6 cm³/mol. The third kappa shape index (κ3) is 2.65. The number of amides is 1. The lowest BCUT2D eigenvalue weighted by molar-refractivity contribution is 0.0641. The molecule has 0 spiro atoms. The van der Waals surface area contributed by atoms with Crippen molar-refractivity contribution in [3.63, 3.8) is 0 Å². The summed E-state index contributed by atoms with van der Waals surface area (Å²) in [5, 5.41) is 1.09. The van der Waals surface area contributed by atoms with Crippen LogP contribution in [0.3, 0.4) is 0 Å². The minimum atomic E-state index is -0.329. The first-order valence-corrected chi connectivity index (χ1v) is 8.09. The Kier molecular flexibility index (Phi) is 3.45. The third-order valence-electron chi connectivity index (χ3n) is 4.54. The average molecular weight is 312 g/mol. The zero-order valence-corrected chi connectivity index (χ0v) is 13.5. The molecule has 1 fully saturated rings. The lowest BCUT2D eigenvalue weighted by Crippen LogP contribution is -2.41. The molecule has 0 aliphatic carbocycles. The molecular weight excluding hydrogens is 292 g/mol. The van der Waals surface area contributed by atoms with Crippen LogP contribution in [0.5, 0.6) is 5.88 Å². The summed E-state index contributed by atoms with van der Waals surface area (Å²) in [4.78, 5) is 18.5. The molecule has 0 bridgehead atoms. The third-order valence-corrected chi connectivity index (χ3v) is 4.54. The highest BCUT2D eigenvalue weighted by Gasteiger charge is 2.30. The number of nitrogens with zero attached hydrogens (tertiary/aromatic N) is 2. The van der Waals surface area contributed by atoms with E-state index in [-0.39, 0.29) is 12.2 Å². The van der Waals surface area contributed by atoms with Crippen LogP contribution in [0.2, 0.25) is 0 Å². The Morgan fingerprint density at radius 2 is 2.17 bits per heavy atom. The van der Waals surface area contributed by atoms with E-state index in [0.717, 1.165) is 41.5 Å². The van der Waals surface area contributed by atoms with Crippen molar-refractivity contribution in [2.24, 2.45) is 0 Å². The fraction of sp³-hybridized carbons (Fsp3) is 0.444. The van der Waals surface area contributed by atoms with Crippen molar-refractivity contribution in [3.8, 4) is 5.88 Å². The number of hydrogen-bond acceptors (Lipinski definition) is 4. The van der Waals surface area contributed by atoms with Gasteiger partial charge in [0.15, 0.2) is 0 Å². The maximum absolute atomic E-state index is 12.2. The van der Waals surface area contributed by atoms with E-state index in [0.29, 0.717) is 19.0 Å². The summed E-state index contributed by atoms with van der Waals surface area (Å²) >= 11 is 0. The Morgan fingerprint density at radius 1 is 1.30 bits per heavy atom. The van der Waals surface area contributed by atoms with E-state index in [4.69, 9.17) is 9.47 Å². The number of aryl methyl sites for hydroxylation is 2. The van der Waals surface area contributed by atoms with Gasteiger partial charge in [0.25, 0.3) is 0 Å². The molecule has 0 N–H and O–H groups in total. The Labute approximate surface area is 135 Å². The molecule has 4 rings (SSSR count). The summed E-state index contributed by atoms with van der Waals surface area (Å²) < 4.78 is 11.1. The van der Waals surface area contributed by atoms with Crippen molar-refractivity contribution >= 4 is 17.0 Å². The van der Waals surface area contributed by atoms with Gasteiger partial charge in [-0.15, -0.1) is 0 Å². The molecule has 5 nitrogen and oxygen atoms in total. The molecular formula is C18H20N2O3. The Hall–Kier alpha value is -2.14. The highest BCUT2D eigenvalue weighted by Crippen LogP contribution is 2.30. The van der Waals surface area contributed by atoms with Gasteiger partial charge in [-0.2, -0.15) is 0 Å². The number of pyridine rings is 1. The lowest BCUT2D eigenvalue weighted by Gasteiger charge is -2.29. The minimum Gasteiger partial charge on any atom is -0.391 e. The fourth-order valence-electron chi connectivity index (χ4n) is 3.47. The molecule has 2 aliphatic rings. The summed E-state index contributed by atoms with van der Waals surface area (Å²) in [6.07, 6.45) is 1.87. The van der Waals surface area contributed by atoms with Gasteiger partial charge >= 0.3 is 6.09 Å². The van der Waals surface area contributed by atoms with Crippen molar-refractivity contribution in [1.29, 1.82) is 0 Å².